The lowest BCUT2D eigenvalue weighted by molar-refractivity contribution is 0.230. The van der Waals surface area contributed by atoms with Crippen molar-refractivity contribution in [2.24, 2.45) is 0 Å². The molecular formula is C14H21O3P. The van der Waals surface area contributed by atoms with Gasteiger partial charge in [-0.25, -0.2) is 0 Å². The lowest BCUT2D eigenvalue weighted by atomic mass is 10.0. The second kappa shape index (κ2) is 6.33. The molecule has 1 rings (SSSR count). The normalized spacial score (nSPS) is 11.6. The summed E-state index contributed by atoms with van der Waals surface area (Å²) < 4.78 is 23.3. The van der Waals surface area contributed by atoms with Crippen molar-refractivity contribution in [3.63, 3.8) is 0 Å². The molecule has 0 saturated heterocycles. The van der Waals surface area contributed by atoms with E-state index in [4.69, 9.17) is 9.05 Å². The molecule has 0 heterocycles. The van der Waals surface area contributed by atoms with Gasteiger partial charge in [0, 0.05) is 0 Å². The largest absolute Gasteiger partial charge is 0.361 e. The standard InChI is InChI=1S/C14H21O3P/c1-6-16-18(15,17-7-2)13(5)14-11(3)9-8-10-12(14)4/h8-10H,5-7H2,1-4H3. The second-order valence-electron chi connectivity index (χ2n) is 4.05. The Hall–Kier alpha value is -0.890. The molecule has 0 aliphatic carbocycles. The third-order valence-corrected chi connectivity index (χ3v) is 4.78. The minimum absolute atomic E-state index is 0.335. The van der Waals surface area contributed by atoms with Crippen LogP contribution in [0.2, 0.25) is 0 Å². The molecule has 0 amide bonds. The molecule has 0 fully saturated rings. The summed E-state index contributed by atoms with van der Waals surface area (Å²) in [6.45, 7) is 12.1. The van der Waals surface area contributed by atoms with E-state index in [0.717, 1.165) is 16.7 Å². The highest BCUT2D eigenvalue weighted by atomic mass is 31.2. The SMILES string of the molecule is C=C(c1c(C)cccc1C)P(=O)(OCC)OCC. The highest BCUT2D eigenvalue weighted by Gasteiger charge is 2.30. The summed E-state index contributed by atoms with van der Waals surface area (Å²) in [5.41, 5.74) is 2.93. The van der Waals surface area contributed by atoms with Gasteiger partial charge in [-0.15, -0.1) is 0 Å². The first-order valence-corrected chi connectivity index (χ1v) is 7.65. The average molecular weight is 268 g/mol. The molecule has 4 heteroatoms. The first-order valence-electron chi connectivity index (χ1n) is 6.11. The Morgan fingerprint density at radius 3 is 2.00 bits per heavy atom. The summed E-state index contributed by atoms with van der Waals surface area (Å²) in [5.74, 6) is 0. The van der Waals surface area contributed by atoms with Crippen LogP contribution >= 0.6 is 7.60 Å². The van der Waals surface area contributed by atoms with Gasteiger partial charge in [0.15, 0.2) is 0 Å². The van der Waals surface area contributed by atoms with Crippen LogP contribution in [0.1, 0.15) is 30.5 Å². The predicted molar refractivity (Wildman–Crippen MR) is 75.8 cm³/mol. The maximum atomic E-state index is 12.7. The van der Waals surface area contributed by atoms with Crippen LogP contribution in [-0.2, 0) is 13.6 Å². The van der Waals surface area contributed by atoms with Crippen molar-refractivity contribution in [1.29, 1.82) is 0 Å². The van der Waals surface area contributed by atoms with Crippen LogP contribution in [0.4, 0.5) is 0 Å². The number of rotatable bonds is 6. The maximum absolute atomic E-state index is 12.7. The summed E-state index contributed by atoms with van der Waals surface area (Å²) in [6.07, 6.45) is 0. The predicted octanol–water partition coefficient (Wildman–Crippen LogP) is 4.54. The van der Waals surface area contributed by atoms with Gasteiger partial charge in [-0.3, -0.25) is 4.57 Å². The summed E-state index contributed by atoms with van der Waals surface area (Å²) in [5, 5.41) is 0.446. The monoisotopic (exact) mass is 268 g/mol. The van der Waals surface area contributed by atoms with Crippen LogP contribution in [-0.4, -0.2) is 13.2 Å². The molecule has 0 bridgehead atoms. The van der Waals surface area contributed by atoms with E-state index in [9.17, 15) is 4.57 Å². The minimum Gasteiger partial charge on any atom is -0.305 e. The van der Waals surface area contributed by atoms with Gasteiger partial charge in [0.05, 0.1) is 18.5 Å². The van der Waals surface area contributed by atoms with E-state index in [0.29, 0.717) is 18.5 Å². The average Bonchev–Trinajstić information content (AvgIpc) is 2.29. The zero-order valence-electron chi connectivity index (χ0n) is 11.5. The first kappa shape index (κ1) is 15.2. The number of benzene rings is 1. The van der Waals surface area contributed by atoms with E-state index in [1.54, 1.807) is 13.8 Å². The summed E-state index contributed by atoms with van der Waals surface area (Å²) >= 11 is 0. The fourth-order valence-corrected chi connectivity index (χ4v) is 3.63. The van der Waals surface area contributed by atoms with E-state index in [1.165, 1.54) is 0 Å². The van der Waals surface area contributed by atoms with Crippen LogP contribution in [0.25, 0.3) is 5.31 Å². The Kier molecular flexibility index (Phi) is 5.33. The van der Waals surface area contributed by atoms with Gasteiger partial charge in [-0.2, -0.15) is 0 Å². The van der Waals surface area contributed by atoms with Crippen LogP contribution in [0.5, 0.6) is 0 Å². The van der Waals surface area contributed by atoms with Crippen molar-refractivity contribution in [1.82, 2.24) is 0 Å². The van der Waals surface area contributed by atoms with Crippen LogP contribution in [0.15, 0.2) is 24.8 Å². The Morgan fingerprint density at radius 1 is 1.17 bits per heavy atom. The molecule has 3 nitrogen and oxygen atoms in total. The molecule has 0 spiro atoms. The van der Waals surface area contributed by atoms with E-state index >= 15 is 0 Å². The molecule has 100 valence electrons. The van der Waals surface area contributed by atoms with Crippen molar-refractivity contribution in [2.45, 2.75) is 27.7 Å². The minimum atomic E-state index is -3.28. The lowest BCUT2D eigenvalue weighted by Crippen LogP contribution is -2.00. The molecule has 18 heavy (non-hydrogen) atoms. The topological polar surface area (TPSA) is 35.5 Å². The molecule has 0 saturated carbocycles. The van der Waals surface area contributed by atoms with E-state index in [-0.39, 0.29) is 0 Å². The fraction of sp³-hybridized carbons (Fsp3) is 0.429. The Morgan fingerprint density at radius 2 is 1.61 bits per heavy atom. The van der Waals surface area contributed by atoms with Crippen molar-refractivity contribution < 1.29 is 13.6 Å². The van der Waals surface area contributed by atoms with Crippen LogP contribution in [0.3, 0.4) is 0 Å². The van der Waals surface area contributed by atoms with Crippen LogP contribution in [0, 0.1) is 13.8 Å². The molecule has 0 aromatic heterocycles. The Bertz CT molecular complexity index is 450. The van der Waals surface area contributed by atoms with E-state index < -0.39 is 7.60 Å². The molecular weight excluding hydrogens is 247 g/mol. The summed E-state index contributed by atoms with van der Waals surface area (Å²) in [4.78, 5) is 0. The summed E-state index contributed by atoms with van der Waals surface area (Å²) in [6, 6.07) is 5.90. The van der Waals surface area contributed by atoms with E-state index in [2.05, 4.69) is 6.58 Å². The smallest absolute Gasteiger partial charge is 0.305 e. The third-order valence-electron chi connectivity index (χ3n) is 2.70. The van der Waals surface area contributed by atoms with Gasteiger partial charge in [-0.05, 0) is 44.4 Å². The third kappa shape index (κ3) is 3.11. The summed E-state index contributed by atoms with van der Waals surface area (Å²) in [7, 11) is -3.28. The van der Waals surface area contributed by atoms with Crippen molar-refractivity contribution in [3.8, 4) is 0 Å². The van der Waals surface area contributed by atoms with Gasteiger partial charge < -0.3 is 9.05 Å². The molecule has 1 aromatic carbocycles. The zero-order valence-corrected chi connectivity index (χ0v) is 12.4. The highest BCUT2D eigenvalue weighted by molar-refractivity contribution is 7.65. The number of hydrogen-bond donors (Lipinski definition) is 0. The molecule has 0 radical (unpaired) electrons. The van der Waals surface area contributed by atoms with Crippen molar-refractivity contribution >= 4 is 12.9 Å². The Balaban J connectivity index is 3.22. The van der Waals surface area contributed by atoms with Gasteiger partial charge in [-0.1, -0.05) is 24.8 Å². The maximum Gasteiger partial charge on any atom is 0.361 e. The number of hydrogen-bond acceptors (Lipinski definition) is 3. The van der Waals surface area contributed by atoms with Gasteiger partial charge >= 0.3 is 7.60 Å². The van der Waals surface area contributed by atoms with E-state index in [1.807, 2.05) is 32.0 Å². The molecule has 0 aliphatic rings. The van der Waals surface area contributed by atoms with Gasteiger partial charge in [0.1, 0.15) is 0 Å². The van der Waals surface area contributed by atoms with Gasteiger partial charge in [0.25, 0.3) is 0 Å². The molecule has 0 N–H and O–H groups in total. The molecule has 0 atom stereocenters. The lowest BCUT2D eigenvalue weighted by Gasteiger charge is -2.21. The van der Waals surface area contributed by atoms with Crippen molar-refractivity contribution in [3.05, 3.63) is 41.5 Å². The first-order chi connectivity index (χ1) is 8.46. The zero-order chi connectivity index (χ0) is 13.8. The number of aryl methyl sites for hydroxylation is 2. The molecule has 0 unspecified atom stereocenters. The quantitative estimate of drug-likeness (QED) is 0.710. The molecule has 0 aliphatic heterocycles. The fourth-order valence-electron chi connectivity index (χ4n) is 1.94. The second-order valence-corrected chi connectivity index (χ2v) is 6.10. The highest BCUT2D eigenvalue weighted by Crippen LogP contribution is 2.60. The molecule has 1 aromatic rings. The van der Waals surface area contributed by atoms with Crippen molar-refractivity contribution in [2.75, 3.05) is 13.2 Å². The van der Waals surface area contributed by atoms with Gasteiger partial charge in [0.2, 0.25) is 0 Å². The van der Waals surface area contributed by atoms with Crippen LogP contribution < -0.4 is 0 Å². The Labute approximate surface area is 109 Å².